The third kappa shape index (κ3) is 2.62. The van der Waals surface area contributed by atoms with Gasteiger partial charge in [0.15, 0.2) is 5.69 Å². The van der Waals surface area contributed by atoms with Gasteiger partial charge in [-0.05, 0) is 26.3 Å². The molecule has 21 heavy (non-hydrogen) atoms. The van der Waals surface area contributed by atoms with Crippen LogP contribution in [0, 0.1) is 20.8 Å². The number of ether oxygens (including phenoxy) is 1. The van der Waals surface area contributed by atoms with E-state index in [4.69, 9.17) is 10.5 Å². The van der Waals surface area contributed by atoms with E-state index in [2.05, 4.69) is 15.5 Å². The summed E-state index contributed by atoms with van der Waals surface area (Å²) in [5, 5.41) is 9.61. The second kappa shape index (κ2) is 5.57. The van der Waals surface area contributed by atoms with Gasteiger partial charge < -0.3 is 15.8 Å². The Morgan fingerprint density at radius 1 is 1.33 bits per heavy atom. The van der Waals surface area contributed by atoms with E-state index in [1.807, 2.05) is 6.92 Å². The predicted octanol–water partition coefficient (Wildman–Crippen LogP) is 2.02. The molecule has 0 aromatic carbocycles. The Morgan fingerprint density at radius 3 is 2.52 bits per heavy atom. The number of nitrogens with two attached hydrogens (primary N) is 1. The first-order chi connectivity index (χ1) is 9.86. The number of aromatic amines is 1. The minimum atomic E-state index is -0.488. The maximum absolute atomic E-state index is 12.2. The van der Waals surface area contributed by atoms with Crippen LogP contribution in [-0.2, 0) is 4.74 Å². The summed E-state index contributed by atoms with van der Waals surface area (Å²) in [5.74, 6) is -0.957. The van der Waals surface area contributed by atoms with Crippen molar-refractivity contribution in [2.24, 2.45) is 0 Å². The molecule has 2 rings (SSSR count). The van der Waals surface area contributed by atoms with Crippen molar-refractivity contribution in [1.82, 2.24) is 10.2 Å². The minimum absolute atomic E-state index is 0.104. The molecule has 0 saturated carbocycles. The summed E-state index contributed by atoms with van der Waals surface area (Å²) in [7, 11) is 1.30. The summed E-state index contributed by atoms with van der Waals surface area (Å²) in [6.45, 7) is 5.40. The van der Waals surface area contributed by atoms with Crippen molar-refractivity contribution in [1.29, 1.82) is 0 Å². The van der Waals surface area contributed by atoms with E-state index in [9.17, 15) is 9.59 Å². The molecule has 8 heteroatoms. The average Bonchev–Trinajstić information content (AvgIpc) is 2.91. The lowest BCUT2D eigenvalue weighted by atomic mass is 10.1. The predicted molar refractivity (Wildman–Crippen MR) is 80.8 cm³/mol. The van der Waals surface area contributed by atoms with Gasteiger partial charge in [0.1, 0.15) is 5.00 Å². The minimum Gasteiger partial charge on any atom is -0.465 e. The fourth-order valence-corrected chi connectivity index (χ4v) is 2.88. The molecule has 0 bridgehead atoms. The Hall–Kier alpha value is -2.35. The molecule has 0 saturated heterocycles. The van der Waals surface area contributed by atoms with Gasteiger partial charge in [-0.15, -0.1) is 11.3 Å². The van der Waals surface area contributed by atoms with Crippen LogP contribution in [0.1, 0.15) is 37.0 Å². The highest BCUT2D eigenvalue weighted by molar-refractivity contribution is 7.16. The Bertz CT molecular complexity index is 717. The number of nitrogens with zero attached hydrogens (tertiary/aromatic N) is 1. The van der Waals surface area contributed by atoms with Crippen molar-refractivity contribution in [3.05, 3.63) is 27.4 Å². The number of rotatable bonds is 3. The van der Waals surface area contributed by atoms with Crippen LogP contribution >= 0.6 is 11.3 Å². The van der Waals surface area contributed by atoms with E-state index >= 15 is 0 Å². The van der Waals surface area contributed by atoms with Crippen LogP contribution in [0.2, 0.25) is 0 Å². The van der Waals surface area contributed by atoms with Gasteiger partial charge in [0.2, 0.25) is 0 Å². The summed E-state index contributed by atoms with van der Waals surface area (Å²) in [6, 6.07) is 0. The maximum atomic E-state index is 12.2. The van der Waals surface area contributed by atoms with Crippen molar-refractivity contribution in [3.63, 3.8) is 0 Å². The SMILES string of the molecule is COC(=O)c1c(NC(=O)c2n[nH]c(C)c2N)sc(C)c1C. The molecule has 2 aromatic rings. The Kier molecular flexibility index (Phi) is 3.99. The van der Waals surface area contributed by atoms with Crippen molar-refractivity contribution in [2.45, 2.75) is 20.8 Å². The molecule has 0 aliphatic rings. The molecule has 0 fully saturated rings. The number of anilines is 2. The zero-order valence-corrected chi connectivity index (χ0v) is 13.0. The first-order valence-electron chi connectivity index (χ1n) is 6.16. The normalized spacial score (nSPS) is 10.5. The van der Waals surface area contributed by atoms with Crippen LogP contribution in [0.25, 0.3) is 0 Å². The van der Waals surface area contributed by atoms with E-state index < -0.39 is 11.9 Å². The standard InChI is InChI=1S/C13H16N4O3S/c1-5-7(3)21-12(8(5)13(19)20-4)15-11(18)10-9(14)6(2)16-17-10/h14H2,1-4H3,(H,15,18)(H,16,17). The third-order valence-corrected chi connectivity index (χ3v) is 4.33. The number of nitrogens with one attached hydrogen (secondary N) is 2. The molecule has 0 unspecified atom stereocenters. The number of aryl methyl sites for hydroxylation is 2. The molecule has 4 N–H and O–H groups in total. The monoisotopic (exact) mass is 308 g/mol. The molecule has 0 aliphatic heterocycles. The van der Waals surface area contributed by atoms with Crippen LogP contribution in [0.15, 0.2) is 0 Å². The third-order valence-electron chi connectivity index (χ3n) is 3.21. The number of amides is 1. The van der Waals surface area contributed by atoms with Gasteiger partial charge in [-0.25, -0.2) is 4.79 Å². The van der Waals surface area contributed by atoms with Gasteiger partial charge in [0, 0.05) is 4.88 Å². The number of carbonyl (C=O) groups is 2. The van der Waals surface area contributed by atoms with Crippen molar-refractivity contribution in [2.75, 3.05) is 18.2 Å². The van der Waals surface area contributed by atoms with E-state index in [0.717, 1.165) is 10.4 Å². The molecule has 0 spiro atoms. The summed E-state index contributed by atoms with van der Waals surface area (Å²) < 4.78 is 4.76. The van der Waals surface area contributed by atoms with Gasteiger partial charge in [-0.2, -0.15) is 5.10 Å². The molecular weight excluding hydrogens is 292 g/mol. The first-order valence-corrected chi connectivity index (χ1v) is 6.98. The molecule has 112 valence electrons. The topological polar surface area (TPSA) is 110 Å². The van der Waals surface area contributed by atoms with Crippen molar-refractivity contribution < 1.29 is 14.3 Å². The number of nitrogen functional groups attached to an aromatic ring is 1. The first kappa shape index (κ1) is 15.0. The summed E-state index contributed by atoms with van der Waals surface area (Å²) in [5.41, 5.74) is 7.93. The Labute approximate surface area is 125 Å². The number of methoxy groups -OCH3 is 1. The molecule has 1 amide bonds. The van der Waals surface area contributed by atoms with Gasteiger partial charge in [0.05, 0.1) is 24.1 Å². The molecule has 0 radical (unpaired) electrons. The summed E-state index contributed by atoms with van der Waals surface area (Å²) in [6.07, 6.45) is 0. The number of aromatic nitrogens is 2. The maximum Gasteiger partial charge on any atom is 0.341 e. The van der Waals surface area contributed by atoms with Crippen LogP contribution in [0.3, 0.4) is 0 Å². The molecule has 2 heterocycles. The second-order valence-corrected chi connectivity index (χ2v) is 5.77. The lowest BCUT2D eigenvalue weighted by Crippen LogP contribution is -2.16. The zero-order chi connectivity index (χ0) is 15.7. The number of H-pyrrole nitrogens is 1. The highest BCUT2D eigenvalue weighted by Crippen LogP contribution is 2.33. The molecule has 0 aliphatic carbocycles. The largest absolute Gasteiger partial charge is 0.465 e. The van der Waals surface area contributed by atoms with E-state index in [1.54, 1.807) is 13.8 Å². The number of hydrogen-bond acceptors (Lipinski definition) is 6. The highest BCUT2D eigenvalue weighted by Gasteiger charge is 2.23. The molecule has 0 atom stereocenters. The lowest BCUT2D eigenvalue weighted by Gasteiger charge is -2.05. The quantitative estimate of drug-likeness (QED) is 0.751. The zero-order valence-electron chi connectivity index (χ0n) is 12.2. The molecule has 7 nitrogen and oxygen atoms in total. The van der Waals surface area contributed by atoms with Gasteiger partial charge in [0.25, 0.3) is 5.91 Å². The summed E-state index contributed by atoms with van der Waals surface area (Å²) >= 11 is 1.31. The van der Waals surface area contributed by atoms with Crippen LogP contribution < -0.4 is 11.1 Å². The van der Waals surface area contributed by atoms with E-state index in [1.165, 1.54) is 18.4 Å². The number of hydrogen-bond donors (Lipinski definition) is 3. The van der Waals surface area contributed by atoms with Gasteiger partial charge >= 0.3 is 5.97 Å². The highest BCUT2D eigenvalue weighted by atomic mass is 32.1. The van der Waals surface area contributed by atoms with Crippen molar-refractivity contribution in [3.8, 4) is 0 Å². The fraction of sp³-hybridized carbons (Fsp3) is 0.308. The number of carbonyl (C=O) groups excluding carboxylic acids is 2. The smallest absolute Gasteiger partial charge is 0.341 e. The number of esters is 1. The number of thiophene rings is 1. The van der Waals surface area contributed by atoms with Crippen LogP contribution in [0.4, 0.5) is 10.7 Å². The fourth-order valence-electron chi connectivity index (χ4n) is 1.84. The summed E-state index contributed by atoms with van der Waals surface area (Å²) in [4.78, 5) is 25.0. The van der Waals surface area contributed by atoms with Crippen LogP contribution in [0.5, 0.6) is 0 Å². The van der Waals surface area contributed by atoms with E-state index in [-0.39, 0.29) is 11.4 Å². The van der Waals surface area contributed by atoms with Crippen molar-refractivity contribution >= 4 is 33.9 Å². The second-order valence-electron chi connectivity index (χ2n) is 4.54. The Balaban J connectivity index is 2.36. The lowest BCUT2D eigenvalue weighted by molar-refractivity contribution is 0.0601. The molecule has 2 aromatic heterocycles. The van der Waals surface area contributed by atoms with E-state index in [0.29, 0.717) is 16.3 Å². The Morgan fingerprint density at radius 2 is 2.00 bits per heavy atom. The molecular formula is C13H16N4O3S. The average molecular weight is 308 g/mol. The van der Waals surface area contributed by atoms with Gasteiger partial charge in [-0.1, -0.05) is 0 Å². The van der Waals surface area contributed by atoms with Gasteiger partial charge in [-0.3, -0.25) is 9.89 Å². The van der Waals surface area contributed by atoms with Crippen LogP contribution in [-0.4, -0.2) is 29.2 Å².